The minimum absolute atomic E-state index is 0.0555. The highest BCUT2D eigenvalue weighted by atomic mass is 35.5. The number of urea groups is 1. The maximum Gasteiger partial charge on any atom is 0.316 e. The van der Waals surface area contributed by atoms with Crippen LogP contribution in [0.3, 0.4) is 0 Å². The predicted octanol–water partition coefficient (Wildman–Crippen LogP) is 5.88. The van der Waals surface area contributed by atoms with Gasteiger partial charge in [0.15, 0.2) is 0 Å². The molecular formula is C22H25ClF3N3O. The number of carbonyl (C=O) groups is 1. The Kier molecular flexibility index (Phi) is 6.60. The average molecular weight is 440 g/mol. The predicted molar refractivity (Wildman–Crippen MR) is 110 cm³/mol. The van der Waals surface area contributed by atoms with Crippen molar-refractivity contribution in [2.24, 2.45) is 0 Å². The first-order chi connectivity index (χ1) is 14.1. The monoisotopic (exact) mass is 439 g/mol. The third kappa shape index (κ3) is 4.89. The van der Waals surface area contributed by atoms with Gasteiger partial charge in [-0.25, -0.2) is 18.0 Å². The van der Waals surface area contributed by atoms with E-state index in [0.717, 1.165) is 37.8 Å². The second-order valence-electron chi connectivity index (χ2n) is 7.85. The molecule has 1 saturated carbocycles. The Morgan fingerprint density at radius 3 is 2.47 bits per heavy atom. The normalized spacial score (nSPS) is 16.9. The standard InChI is InChI=1S/C22H25ClF3N3O/c1-3-22(25,26)15-10-14(11-17(24)12-15)21(2,19-9-8-16(23)13-27-19)29-20(30)28-18-6-4-5-7-18/h8-13,18H,3-7H2,1-2H3,(H2,28,29,30). The van der Waals surface area contributed by atoms with Gasteiger partial charge in [0.2, 0.25) is 0 Å². The van der Waals surface area contributed by atoms with Crippen molar-refractivity contribution in [1.82, 2.24) is 15.6 Å². The van der Waals surface area contributed by atoms with Gasteiger partial charge in [0.1, 0.15) is 11.4 Å². The molecule has 1 aromatic carbocycles. The average Bonchev–Trinajstić information content (AvgIpc) is 3.20. The molecule has 1 atom stereocenters. The van der Waals surface area contributed by atoms with E-state index < -0.39 is 35.3 Å². The Morgan fingerprint density at radius 2 is 1.87 bits per heavy atom. The molecule has 3 rings (SSSR count). The molecule has 1 fully saturated rings. The molecule has 0 bridgehead atoms. The molecular weight excluding hydrogens is 415 g/mol. The third-order valence-electron chi connectivity index (χ3n) is 5.64. The number of alkyl halides is 2. The fourth-order valence-electron chi connectivity index (χ4n) is 3.77. The Hall–Kier alpha value is -2.28. The van der Waals surface area contributed by atoms with Gasteiger partial charge in [-0.3, -0.25) is 4.98 Å². The molecule has 1 aromatic heterocycles. The van der Waals surface area contributed by atoms with Crippen molar-refractivity contribution in [2.75, 3.05) is 0 Å². The summed E-state index contributed by atoms with van der Waals surface area (Å²) in [6.45, 7) is 2.94. The molecule has 4 nitrogen and oxygen atoms in total. The van der Waals surface area contributed by atoms with E-state index in [9.17, 15) is 18.0 Å². The molecule has 8 heteroatoms. The fraction of sp³-hybridized carbons (Fsp3) is 0.455. The zero-order valence-electron chi connectivity index (χ0n) is 16.9. The van der Waals surface area contributed by atoms with E-state index in [1.165, 1.54) is 19.2 Å². The van der Waals surface area contributed by atoms with Crippen molar-refractivity contribution in [3.05, 3.63) is 64.2 Å². The van der Waals surface area contributed by atoms with E-state index in [2.05, 4.69) is 15.6 Å². The number of rotatable bonds is 6. The molecule has 30 heavy (non-hydrogen) atoms. The summed E-state index contributed by atoms with van der Waals surface area (Å²) in [5.41, 5.74) is -1.28. The van der Waals surface area contributed by atoms with Gasteiger partial charge in [0.25, 0.3) is 5.92 Å². The molecule has 1 aliphatic rings. The van der Waals surface area contributed by atoms with E-state index in [4.69, 9.17) is 11.6 Å². The number of nitrogens with one attached hydrogen (secondary N) is 2. The lowest BCUT2D eigenvalue weighted by Gasteiger charge is -2.32. The molecule has 2 N–H and O–H groups in total. The van der Waals surface area contributed by atoms with Crippen LogP contribution in [0.25, 0.3) is 0 Å². The van der Waals surface area contributed by atoms with E-state index >= 15 is 0 Å². The molecule has 0 saturated heterocycles. The molecule has 2 amide bonds. The Labute approximate surface area is 179 Å². The van der Waals surface area contributed by atoms with Crippen LogP contribution in [0.15, 0.2) is 36.5 Å². The highest BCUT2D eigenvalue weighted by molar-refractivity contribution is 6.30. The summed E-state index contributed by atoms with van der Waals surface area (Å²) >= 11 is 5.93. The van der Waals surface area contributed by atoms with Crippen molar-refractivity contribution in [1.29, 1.82) is 0 Å². The first-order valence-corrected chi connectivity index (χ1v) is 10.4. The highest BCUT2D eigenvalue weighted by Gasteiger charge is 2.37. The zero-order chi connectivity index (χ0) is 21.9. The van der Waals surface area contributed by atoms with Crippen LogP contribution < -0.4 is 10.6 Å². The van der Waals surface area contributed by atoms with Crippen LogP contribution in [0, 0.1) is 5.82 Å². The second kappa shape index (κ2) is 8.84. The van der Waals surface area contributed by atoms with Crippen molar-refractivity contribution in [3.63, 3.8) is 0 Å². The summed E-state index contributed by atoms with van der Waals surface area (Å²) in [5, 5.41) is 6.12. The fourth-order valence-corrected chi connectivity index (χ4v) is 3.88. The summed E-state index contributed by atoms with van der Waals surface area (Å²) in [7, 11) is 0. The number of halogens is 4. The number of hydrogen-bond donors (Lipinski definition) is 2. The van der Waals surface area contributed by atoms with Crippen LogP contribution >= 0.6 is 11.6 Å². The quantitative estimate of drug-likeness (QED) is 0.590. The van der Waals surface area contributed by atoms with Gasteiger partial charge >= 0.3 is 6.03 Å². The summed E-state index contributed by atoms with van der Waals surface area (Å²) in [6.07, 6.45) is 4.78. The summed E-state index contributed by atoms with van der Waals surface area (Å²) in [6, 6.07) is 5.94. The molecule has 0 aliphatic heterocycles. The Morgan fingerprint density at radius 1 is 1.20 bits per heavy atom. The lowest BCUT2D eigenvalue weighted by molar-refractivity contribution is -0.00871. The molecule has 0 radical (unpaired) electrons. The first kappa shape index (κ1) is 22.4. The van der Waals surface area contributed by atoms with Gasteiger partial charge in [0.05, 0.1) is 10.7 Å². The van der Waals surface area contributed by atoms with Crippen LogP contribution in [-0.4, -0.2) is 17.1 Å². The van der Waals surface area contributed by atoms with Gasteiger partial charge in [-0.05, 0) is 55.7 Å². The zero-order valence-corrected chi connectivity index (χ0v) is 17.7. The summed E-state index contributed by atoms with van der Waals surface area (Å²) < 4.78 is 43.0. The lowest BCUT2D eigenvalue weighted by atomic mass is 9.86. The van der Waals surface area contributed by atoms with Crippen molar-refractivity contribution in [2.45, 2.75) is 63.5 Å². The number of pyridine rings is 1. The number of amides is 2. The van der Waals surface area contributed by atoms with E-state index in [1.807, 2.05) is 0 Å². The SMILES string of the molecule is CCC(F)(F)c1cc(F)cc(C(C)(NC(=O)NC2CCCC2)c2ccc(Cl)cn2)c1. The van der Waals surface area contributed by atoms with Crippen LogP contribution in [-0.2, 0) is 11.5 Å². The van der Waals surface area contributed by atoms with Gasteiger partial charge < -0.3 is 10.6 Å². The number of hydrogen-bond acceptors (Lipinski definition) is 2. The third-order valence-corrected chi connectivity index (χ3v) is 5.86. The number of nitrogens with zero attached hydrogens (tertiary/aromatic N) is 1. The number of carbonyl (C=O) groups excluding carboxylic acids is 1. The smallest absolute Gasteiger partial charge is 0.316 e. The van der Waals surface area contributed by atoms with Crippen LogP contribution in [0.4, 0.5) is 18.0 Å². The van der Waals surface area contributed by atoms with E-state index in [1.54, 1.807) is 19.1 Å². The number of benzene rings is 1. The first-order valence-electron chi connectivity index (χ1n) is 10.0. The summed E-state index contributed by atoms with van der Waals surface area (Å²) in [4.78, 5) is 17.0. The van der Waals surface area contributed by atoms with Crippen LogP contribution in [0.5, 0.6) is 0 Å². The van der Waals surface area contributed by atoms with Gasteiger partial charge in [-0.15, -0.1) is 0 Å². The number of aromatic nitrogens is 1. The van der Waals surface area contributed by atoms with Crippen molar-refractivity contribution in [3.8, 4) is 0 Å². The van der Waals surface area contributed by atoms with Crippen molar-refractivity contribution < 1.29 is 18.0 Å². The largest absolute Gasteiger partial charge is 0.335 e. The lowest BCUT2D eigenvalue weighted by Crippen LogP contribution is -2.51. The minimum Gasteiger partial charge on any atom is -0.335 e. The van der Waals surface area contributed by atoms with E-state index in [0.29, 0.717) is 10.7 Å². The molecule has 1 heterocycles. The minimum atomic E-state index is -3.20. The molecule has 1 unspecified atom stereocenters. The van der Waals surface area contributed by atoms with Crippen LogP contribution in [0.2, 0.25) is 5.02 Å². The summed E-state index contributed by atoms with van der Waals surface area (Å²) in [5.74, 6) is -4.01. The van der Waals surface area contributed by atoms with Crippen molar-refractivity contribution >= 4 is 17.6 Å². The van der Waals surface area contributed by atoms with Crippen LogP contribution in [0.1, 0.15) is 62.8 Å². The molecule has 162 valence electrons. The maximum atomic E-state index is 14.4. The molecule has 1 aliphatic carbocycles. The van der Waals surface area contributed by atoms with Gasteiger partial charge in [0, 0.05) is 24.2 Å². The van der Waals surface area contributed by atoms with Gasteiger partial charge in [-0.1, -0.05) is 31.4 Å². The van der Waals surface area contributed by atoms with Gasteiger partial charge in [-0.2, -0.15) is 0 Å². The Bertz CT molecular complexity index is 901. The highest BCUT2D eigenvalue weighted by Crippen LogP contribution is 2.36. The Balaban J connectivity index is 2.03. The molecule has 0 spiro atoms. The topological polar surface area (TPSA) is 54.0 Å². The second-order valence-corrected chi connectivity index (χ2v) is 8.29. The maximum absolute atomic E-state index is 14.4. The van der Waals surface area contributed by atoms with E-state index in [-0.39, 0.29) is 11.6 Å². The molecule has 2 aromatic rings.